The van der Waals surface area contributed by atoms with Gasteiger partial charge >= 0.3 is 0 Å². The molecule has 4 nitrogen and oxygen atoms in total. The van der Waals surface area contributed by atoms with Crippen LogP contribution in [0.1, 0.15) is 22.5 Å². The first-order valence-corrected chi connectivity index (χ1v) is 5.99. The number of hydrogen-bond acceptors (Lipinski definition) is 3. The van der Waals surface area contributed by atoms with Gasteiger partial charge in [-0.1, -0.05) is 6.07 Å². The van der Waals surface area contributed by atoms with Crippen LogP contribution < -0.4 is 10.6 Å². The first kappa shape index (κ1) is 10.9. The Labute approximate surface area is 105 Å². The van der Waals surface area contributed by atoms with Crippen molar-refractivity contribution in [2.45, 2.75) is 12.8 Å². The van der Waals surface area contributed by atoms with Crippen LogP contribution >= 0.6 is 0 Å². The summed E-state index contributed by atoms with van der Waals surface area (Å²) in [6, 6.07) is 9.13. The molecule has 0 unspecified atom stereocenters. The number of amides is 1. The van der Waals surface area contributed by atoms with E-state index in [0.29, 0.717) is 18.0 Å². The first-order valence-electron chi connectivity index (χ1n) is 5.99. The molecule has 0 saturated carbocycles. The number of benzene rings is 1. The van der Waals surface area contributed by atoms with Crippen molar-refractivity contribution in [3.05, 3.63) is 47.9 Å². The highest BCUT2D eigenvalue weighted by atomic mass is 16.3. The lowest BCUT2D eigenvalue weighted by atomic mass is 10.0. The minimum atomic E-state index is -0.105. The van der Waals surface area contributed by atoms with Crippen molar-refractivity contribution < 1.29 is 9.21 Å². The summed E-state index contributed by atoms with van der Waals surface area (Å²) >= 11 is 0. The predicted octanol–water partition coefficient (Wildman–Crippen LogP) is 2.45. The quantitative estimate of drug-likeness (QED) is 0.781. The Morgan fingerprint density at radius 2 is 2.22 bits per heavy atom. The zero-order valence-corrected chi connectivity index (χ0v) is 9.93. The van der Waals surface area contributed by atoms with E-state index in [1.54, 1.807) is 17.0 Å². The van der Waals surface area contributed by atoms with Gasteiger partial charge in [0.1, 0.15) is 0 Å². The van der Waals surface area contributed by atoms with Gasteiger partial charge in [-0.25, -0.2) is 0 Å². The Bertz CT molecular complexity index is 575. The lowest BCUT2D eigenvalue weighted by Crippen LogP contribution is -2.35. The minimum absolute atomic E-state index is 0.105. The molecule has 0 fully saturated rings. The van der Waals surface area contributed by atoms with Crippen LogP contribution in [-0.4, -0.2) is 12.5 Å². The average Bonchev–Trinajstić information content (AvgIpc) is 2.91. The zero-order valence-electron chi connectivity index (χ0n) is 9.93. The highest BCUT2D eigenvalue weighted by Gasteiger charge is 2.25. The van der Waals surface area contributed by atoms with E-state index in [1.165, 1.54) is 6.26 Å². The van der Waals surface area contributed by atoms with Crippen LogP contribution in [0.2, 0.25) is 0 Å². The van der Waals surface area contributed by atoms with Crippen LogP contribution in [0.4, 0.5) is 11.4 Å². The van der Waals surface area contributed by atoms with E-state index >= 15 is 0 Å². The van der Waals surface area contributed by atoms with Crippen molar-refractivity contribution in [1.82, 2.24) is 0 Å². The van der Waals surface area contributed by atoms with Crippen molar-refractivity contribution >= 4 is 17.3 Å². The van der Waals surface area contributed by atoms with E-state index in [0.717, 1.165) is 24.1 Å². The van der Waals surface area contributed by atoms with Crippen LogP contribution in [0, 0.1) is 0 Å². The summed E-state index contributed by atoms with van der Waals surface area (Å²) in [5.41, 5.74) is 8.54. The fourth-order valence-electron chi connectivity index (χ4n) is 2.34. The van der Waals surface area contributed by atoms with Crippen molar-refractivity contribution in [1.29, 1.82) is 0 Å². The molecule has 0 saturated heterocycles. The smallest absolute Gasteiger partial charge is 0.293 e. The third kappa shape index (κ3) is 1.76. The monoisotopic (exact) mass is 242 g/mol. The van der Waals surface area contributed by atoms with Crippen molar-refractivity contribution in [3.8, 4) is 0 Å². The molecular weight excluding hydrogens is 228 g/mol. The molecule has 0 aliphatic carbocycles. The maximum Gasteiger partial charge on any atom is 0.293 e. The first-order chi connectivity index (χ1) is 8.75. The van der Waals surface area contributed by atoms with E-state index in [9.17, 15) is 4.79 Å². The summed E-state index contributed by atoms with van der Waals surface area (Å²) in [7, 11) is 0. The Kier molecular flexibility index (Phi) is 2.55. The molecule has 2 aromatic rings. The van der Waals surface area contributed by atoms with E-state index in [4.69, 9.17) is 10.2 Å². The van der Waals surface area contributed by atoms with Gasteiger partial charge in [-0.2, -0.15) is 0 Å². The standard InChI is InChI=1S/C14H14N2O2/c15-11-6-5-10-3-1-7-16(12(10)9-11)14(17)13-4-2-8-18-13/h2,4-6,8-9H,1,3,7,15H2. The highest BCUT2D eigenvalue weighted by molar-refractivity contribution is 6.05. The highest BCUT2D eigenvalue weighted by Crippen LogP contribution is 2.30. The summed E-state index contributed by atoms with van der Waals surface area (Å²) in [6.45, 7) is 0.704. The lowest BCUT2D eigenvalue weighted by Gasteiger charge is -2.29. The number of nitrogen functional groups attached to an aromatic ring is 1. The fraction of sp³-hybridized carbons (Fsp3) is 0.214. The predicted molar refractivity (Wildman–Crippen MR) is 69.6 cm³/mol. The third-order valence-corrected chi connectivity index (χ3v) is 3.21. The summed E-state index contributed by atoms with van der Waals surface area (Å²) in [6.07, 6.45) is 3.46. The van der Waals surface area contributed by atoms with Crippen LogP contribution in [0.15, 0.2) is 41.0 Å². The summed E-state index contributed by atoms with van der Waals surface area (Å²) < 4.78 is 5.17. The van der Waals surface area contributed by atoms with Crippen LogP contribution in [0.3, 0.4) is 0 Å². The van der Waals surface area contributed by atoms with Gasteiger partial charge in [-0.3, -0.25) is 4.79 Å². The number of nitrogens with two attached hydrogens (primary N) is 1. The molecule has 0 radical (unpaired) electrons. The van der Waals surface area contributed by atoms with E-state index < -0.39 is 0 Å². The average molecular weight is 242 g/mol. The summed E-state index contributed by atoms with van der Waals surface area (Å²) in [4.78, 5) is 14.1. The number of anilines is 2. The number of carbonyl (C=O) groups excluding carboxylic acids is 1. The molecule has 2 heterocycles. The van der Waals surface area contributed by atoms with E-state index in [-0.39, 0.29) is 5.91 Å². The molecule has 92 valence electrons. The fourth-order valence-corrected chi connectivity index (χ4v) is 2.34. The number of rotatable bonds is 1. The maximum absolute atomic E-state index is 12.3. The molecule has 0 spiro atoms. The molecule has 0 bridgehead atoms. The lowest BCUT2D eigenvalue weighted by molar-refractivity contribution is 0.0958. The molecule has 1 aromatic heterocycles. The summed E-state index contributed by atoms with van der Waals surface area (Å²) in [5.74, 6) is 0.261. The molecule has 0 atom stereocenters. The summed E-state index contributed by atoms with van der Waals surface area (Å²) in [5, 5.41) is 0. The van der Waals surface area contributed by atoms with Crippen molar-refractivity contribution in [2.75, 3.05) is 17.2 Å². The number of carbonyl (C=O) groups is 1. The van der Waals surface area contributed by atoms with Gasteiger partial charge in [0, 0.05) is 17.9 Å². The molecule has 1 amide bonds. The molecule has 4 heteroatoms. The number of hydrogen-bond donors (Lipinski definition) is 1. The normalized spacial score (nSPS) is 14.3. The number of furan rings is 1. The Morgan fingerprint density at radius 3 is 3.00 bits per heavy atom. The maximum atomic E-state index is 12.3. The van der Waals surface area contributed by atoms with Gasteiger partial charge in [-0.15, -0.1) is 0 Å². The Morgan fingerprint density at radius 1 is 1.33 bits per heavy atom. The number of nitrogens with zero attached hydrogens (tertiary/aromatic N) is 1. The molecule has 3 rings (SSSR count). The topological polar surface area (TPSA) is 59.5 Å². The van der Waals surface area contributed by atoms with Gasteiger partial charge in [0.05, 0.1) is 6.26 Å². The number of fused-ring (bicyclic) bond motifs is 1. The van der Waals surface area contributed by atoms with E-state index in [1.807, 2.05) is 18.2 Å². The van der Waals surface area contributed by atoms with Crippen molar-refractivity contribution in [3.63, 3.8) is 0 Å². The van der Waals surface area contributed by atoms with Crippen LogP contribution in [-0.2, 0) is 6.42 Å². The SMILES string of the molecule is Nc1ccc2c(c1)N(C(=O)c1ccco1)CCC2. The molecule has 2 N–H and O–H groups in total. The minimum Gasteiger partial charge on any atom is -0.459 e. The zero-order chi connectivity index (χ0) is 12.5. The van der Waals surface area contributed by atoms with Gasteiger partial charge in [-0.05, 0) is 42.7 Å². The molecule has 1 aliphatic heterocycles. The van der Waals surface area contributed by atoms with Crippen molar-refractivity contribution in [2.24, 2.45) is 0 Å². The number of aryl methyl sites for hydroxylation is 1. The molecule has 1 aliphatic rings. The second kappa shape index (κ2) is 4.22. The van der Waals surface area contributed by atoms with Gasteiger partial charge in [0.25, 0.3) is 5.91 Å². The van der Waals surface area contributed by atoms with Crippen LogP contribution in [0.5, 0.6) is 0 Å². The molecular formula is C14H14N2O2. The largest absolute Gasteiger partial charge is 0.459 e. The molecule has 1 aromatic carbocycles. The van der Waals surface area contributed by atoms with Gasteiger partial charge < -0.3 is 15.1 Å². The second-order valence-electron chi connectivity index (χ2n) is 4.43. The Balaban J connectivity index is 2.01. The Hall–Kier alpha value is -2.23. The van der Waals surface area contributed by atoms with Gasteiger partial charge in [0.2, 0.25) is 0 Å². The molecule has 18 heavy (non-hydrogen) atoms. The van der Waals surface area contributed by atoms with E-state index in [2.05, 4.69) is 0 Å². The van der Waals surface area contributed by atoms with Gasteiger partial charge in [0.15, 0.2) is 5.76 Å². The third-order valence-electron chi connectivity index (χ3n) is 3.21. The second-order valence-corrected chi connectivity index (χ2v) is 4.43. The van der Waals surface area contributed by atoms with Crippen LogP contribution in [0.25, 0.3) is 0 Å².